The second-order valence-corrected chi connectivity index (χ2v) is 2.61. The molecule has 7 heavy (non-hydrogen) atoms. The highest BCUT2D eigenvalue weighted by Gasteiger charge is 1.93. The first-order valence-corrected chi connectivity index (χ1v) is 3.79. The summed E-state index contributed by atoms with van der Waals surface area (Å²) in [4.78, 5) is 0. The molecule has 2 heteroatoms. The zero-order valence-electron chi connectivity index (χ0n) is 4.59. The summed E-state index contributed by atoms with van der Waals surface area (Å²) in [6.07, 6.45) is 1.19. The molecule has 0 spiro atoms. The molecule has 0 aromatic carbocycles. The minimum Gasteiger partial charge on any atom is -0.179 e. The molecule has 0 unspecified atom stereocenters. The maximum Gasteiger partial charge on any atom is -0.00718 e. The predicted octanol–water partition coefficient (Wildman–Crippen LogP) is 1.87. The van der Waals surface area contributed by atoms with Crippen LogP contribution >= 0.6 is 25.3 Å². The number of hydrogen-bond donors (Lipinski definition) is 2. The van der Waals surface area contributed by atoms with Crippen LogP contribution < -0.4 is 0 Å². The maximum absolute atomic E-state index is 4.12. The van der Waals surface area contributed by atoms with E-state index in [0.29, 0.717) is 0 Å². The van der Waals surface area contributed by atoms with Gasteiger partial charge in [0.25, 0.3) is 0 Å². The average molecular weight is 136 g/mol. The van der Waals surface area contributed by atoms with E-state index in [2.05, 4.69) is 32.2 Å². The molecule has 0 heterocycles. The van der Waals surface area contributed by atoms with Crippen molar-refractivity contribution in [2.45, 2.75) is 13.3 Å². The summed E-state index contributed by atoms with van der Waals surface area (Å²) in [7, 11) is 0. The van der Waals surface area contributed by atoms with E-state index < -0.39 is 0 Å². The average Bonchev–Trinajstić information content (AvgIpc) is 1.68. The van der Waals surface area contributed by atoms with Crippen LogP contribution in [0.4, 0.5) is 0 Å². The summed E-state index contributed by atoms with van der Waals surface area (Å²) in [6.45, 7) is 2.18. The van der Waals surface area contributed by atoms with Gasteiger partial charge in [-0.2, -0.15) is 25.3 Å². The van der Waals surface area contributed by atoms with Crippen LogP contribution in [0.3, 0.4) is 0 Å². The molecule has 0 aromatic heterocycles. The summed E-state index contributed by atoms with van der Waals surface area (Å²) < 4.78 is 0. The fourth-order valence-corrected chi connectivity index (χ4v) is 0.935. The summed E-state index contributed by atoms with van der Waals surface area (Å²) >= 11 is 8.20. The van der Waals surface area contributed by atoms with Crippen LogP contribution in [0, 0.1) is 5.92 Å². The molecule has 0 N–H and O–H groups in total. The molecule has 0 saturated heterocycles. The quantitative estimate of drug-likeness (QED) is 0.544. The molecule has 0 fully saturated rings. The van der Waals surface area contributed by atoms with Gasteiger partial charge in [-0.15, -0.1) is 0 Å². The van der Waals surface area contributed by atoms with E-state index in [-0.39, 0.29) is 0 Å². The Labute approximate surface area is 56.5 Å². The molecular weight excluding hydrogens is 124 g/mol. The van der Waals surface area contributed by atoms with Crippen molar-refractivity contribution in [3.63, 3.8) is 0 Å². The zero-order valence-corrected chi connectivity index (χ0v) is 6.38. The van der Waals surface area contributed by atoms with Gasteiger partial charge < -0.3 is 0 Å². The van der Waals surface area contributed by atoms with Crippen LogP contribution in [-0.4, -0.2) is 11.5 Å². The van der Waals surface area contributed by atoms with Gasteiger partial charge in [0.15, 0.2) is 0 Å². The first-order chi connectivity index (χ1) is 3.31. The SMILES string of the molecule is C[C@@H](CS)CCS. The van der Waals surface area contributed by atoms with Crippen molar-refractivity contribution in [2.75, 3.05) is 11.5 Å². The minimum absolute atomic E-state index is 0.737. The van der Waals surface area contributed by atoms with Gasteiger partial charge in [0.1, 0.15) is 0 Å². The lowest BCUT2D eigenvalue weighted by Crippen LogP contribution is -1.95. The Morgan fingerprint density at radius 2 is 2.00 bits per heavy atom. The molecule has 0 amide bonds. The van der Waals surface area contributed by atoms with Gasteiger partial charge in [-0.3, -0.25) is 0 Å². The second-order valence-electron chi connectivity index (χ2n) is 1.80. The van der Waals surface area contributed by atoms with Crippen molar-refractivity contribution in [1.82, 2.24) is 0 Å². The smallest absolute Gasteiger partial charge is 0.00718 e. The Bertz CT molecular complexity index is 37.1. The van der Waals surface area contributed by atoms with Crippen LogP contribution in [-0.2, 0) is 0 Å². The van der Waals surface area contributed by atoms with Gasteiger partial charge in [0.05, 0.1) is 0 Å². The largest absolute Gasteiger partial charge is 0.179 e. The Morgan fingerprint density at radius 1 is 1.43 bits per heavy atom. The van der Waals surface area contributed by atoms with E-state index in [1.54, 1.807) is 0 Å². The number of rotatable bonds is 3. The molecule has 0 nitrogen and oxygen atoms in total. The fraction of sp³-hybridized carbons (Fsp3) is 1.00. The highest BCUT2D eigenvalue weighted by Crippen LogP contribution is 2.03. The maximum atomic E-state index is 4.12. The van der Waals surface area contributed by atoms with Crippen molar-refractivity contribution >= 4 is 25.3 Å². The van der Waals surface area contributed by atoms with Gasteiger partial charge >= 0.3 is 0 Å². The Hall–Kier alpha value is 0.700. The topological polar surface area (TPSA) is 0 Å². The fourth-order valence-electron chi connectivity index (χ4n) is 0.312. The highest BCUT2D eigenvalue weighted by atomic mass is 32.1. The van der Waals surface area contributed by atoms with Crippen molar-refractivity contribution < 1.29 is 0 Å². The Balaban J connectivity index is 2.83. The third kappa shape index (κ3) is 4.56. The predicted molar refractivity (Wildman–Crippen MR) is 41.5 cm³/mol. The summed E-state index contributed by atoms with van der Waals surface area (Å²) in [5, 5.41) is 0. The third-order valence-electron chi connectivity index (χ3n) is 0.934. The molecule has 0 aliphatic carbocycles. The number of hydrogen-bond acceptors (Lipinski definition) is 2. The number of thiol groups is 2. The van der Waals surface area contributed by atoms with Crippen LogP contribution in [0.15, 0.2) is 0 Å². The lowest BCUT2D eigenvalue weighted by atomic mass is 10.2. The van der Waals surface area contributed by atoms with Crippen molar-refractivity contribution in [2.24, 2.45) is 5.92 Å². The Morgan fingerprint density at radius 3 is 2.14 bits per heavy atom. The molecule has 0 bridgehead atoms. The normalized spacial score (nSPS) is 14.1. The standard InChI is InChI=1S/C5H12S2/c1-5(4-7)2-3-6/h5-7H,2-4H2,1H3/t5-/m1/s1. The minimum atomic E-state index is 0.737. The summed E-state index contributed by atoms with van der Waals surface area (Å²) in [6, 6.07) is 0. The molecule has 1 atom stereocenters. The molecular formula is C5H12S2. The molecule has 44 valence electrons. The van der Waals surface area contributed by atoms with Gasteiger partial charge in [-0.05, 0) is 23.8 Å². The molecule has 0 rings (SSSR count). The summed E-state index contributed by atoms with van der Waals surface area (Å²) in [5.41, 5.74) is 0. The van der Waals surface area contributed by atoms with E-state index in [0.717, 1.165) is 17.4 Å². The van der Waals surface area contributed by atoms with Crippen LogP contribution in [0.25, 0.3) is 0 Å². The molecule has 0 aromatic rings. The van der Waals surface area contributed by atoms with Crippen molar-refractivity contribution in [1.29, 1.82) is 0 Å². The van der Waals surface area contributed by atoms with E-state index in [9.17, 15) is 0 Å². The van der Waals surface area contributed by atoms with E-state index in [1.807, 2.05) is 0 Å². The van der Waals surface area contributed by atoms with Gasteiger partial charge in [0.2, 0.25) is 0 Å². The molecule has 0 radical (unpaired) electrons. The third-order valence-corrected chi connectivity index (χ3v) is 1.82. The molecule has 0 aliphatic rings. The van der Waals surface area contributed by atoms with Gasteiger partial charge in [-0.1, -0.05) is 6.92 Å². The molecule has 0 saturated carbocycles. The van der Waals surface area contributed by atoms with Crippen molar-refractivity contribution in [3.8, 4) is 0 Å². The van der Waals surface area contributed by atoms with Crippen LogP contribution in [0.1, 0.15) is 13.3 Å². The lowest BCUT2D eigenvalue weighted by Gasteiger charge is -2.01. The highest BCUT2D eigenvalue weighted by molar-refractivity contribution is 7.80. The van der Waals surface area contributed by atoms with E-state index in [4.69, 9.17) is 0 Å². The first kappa shape index (κ1) is 7.70. The lowest BCUT2D eigenvalue weighted by molar-refractivity contribution is 0.646. The Kier molecular flexibility index (Phi) is 5.33. The zero-order chi connectivity index (χ0) is 5.70. The van der Waals surface area contributed by atoms with E-state index in [1.165, 1.54) is 6.42 Å². The second kappa shape index (κ2) is 4.85. The van der Waals surface area contributed by atoms with Crippen LogP contribution in [0.5, 0.6) is 0 Å². The first-order valence-electron chi connectivity index (χ1n) is 2.53. The van der Waals surface area contributed by atoms with Crippen LogP contribution in [0.2, 0.25) is 0 Å². The van der Waals surface area contributed by atoms with E-state index >= 15 is 0 Å². The summed E-state index contributed by atoms with van der Waals surface area (Å²) in [5.74, 6) is 2.71. The van der Waals surface area contributed by atoms with Gasteiger partial charge in [0, 0.05) is 0 Å². The monoisotopic (exact) mass is 136 g/mol. The van der Waals surface area contributed by atoms with Gasteiger partial charge in [-0.25, -0.2) is 0 Å². The molecule has 0 aliphatic heterocycles. The van der Waals surface area contributed by atoms with Crippen molar-refractivity contribution in [3.05, 3.63) is 0 Å².